The molecule has 1 atom stereocenters. The quantitative estimate of drug-likeness (QED) is 0.737. The summed E-state index contributed by atoms with van der Waals surface area (Å²) in [5.74, 6) is -0.164. The maximum atomic E-state index is 12.6. The summed E-state index contributed by atoms with van der Waals surface area (Å²) in [5.41, 5.74) is 0.774. The number of aryl methyl sites for hydroxylation is 1. The number of likely N-dealkylation sites (N-methyl/N-ethyl adjacent to an activating group) is 1. The Labute approximate surface area is 135 Å². The van der Waals surface area contributed by atoms with Crippen LogP contribution in [0.2, 0.25) is 0 Å². The van der Waals surface area contributed by atoms with E-state index in [-0.39, 0.29) is 18.4 Å². The Morgan fingerprint density at radius 1 is 1.39 bits per heavy atom. The highest BCUT2D eigenvalue weighted by Gasteiger charge is 2.34. The lowest BCUT2D eigenvalue weighted by atomic mass is 10.2. The topological polar surface area (TPSA) is 70.9 Å². The van der Waals surface area contributed by atoms with Gasteiger partial charge >= 0.3 is 0 Å². The van der Waals surface area contributed by atoms with E-state index in [1.165, 1.54) is 0 Å². The molecule has 0 spiro atoms. The van der Waals surface area contributed by atoms with Crippen LogP contribution in [0.4, 0.5) is 5.69 Å². The molecule has 23 heavy (non-hydrogen) atoms. The number of amides is 2. The molecule has 0 N–H and O–H groups in total. The molecule has 3 rings (SSSR count). The number of piperazine rings is 1. The molecule has 1 aromatic rings. The maximum absolute atomic E-state index is 12.6. The fourth-order valence-electron chi connectivity index (χ4n) is 3.02. The van der Waals surface area contributed by atoms with Gasteiger partial charge in [-0.1, -0.05) is 6.92 Å². The first-order chi connectivity index (χ1) is 11.1. The van der Waals surface area contributed by atoms with Crippen LogP contribution in [0, 0.1) is 0 Å². The van der Waals surface area contributed by atoms with Crippen molar-refractivity contribution in [3.63, 3.8) is 0 Å². The summed E-state index contributed by atoms with van der Waals surface area (Å²) < 4.78 is 7.27. The van der Waals surface area contributed by atoms with Crippen LogP contribution in [0.5, 0.6) is 0 Å². The lowest BCUT2D eigenvalue weighted by molar-refractivity contribution is -0.152. The lowest BCUT2D eigenvalue weighted by Crippen LogP contribution is -2.57. The zero-order chi connectivity index (χ0) is 16.4. The van der Waals surface area contributed by atoms with Gasteiger partial charge in [0.05, 0.1) is 18.5 Å². The first-order valence-corrected chi connectivity index (χ1v) is 8.00. The van der Waals surface area contributed by atoms with Crippen LogP contribution in [-0.2, 0) is 21.4 Å². The summed E-state index contributed by atoms with van der Waals surface area (Å²) in [5, 5.41) is 4.09. The average molecular weight is 321 g/mol. The number of ether oxygens (including phenoxy) is 1. The normalized spacial score (nSPS) is 23.4. The van der Waals surface area contributed by atoms with Gasteiger partial charge in [-0.15, -0.1) is 0 Å². The van der Waals surface area contributed by atoms with Gasteiger partial charge in [0.15, 0.2) is 0 Å². The molecular weight excluding hydrogens is 298 g/mol. The van der Waals surface area contributed by atoms with Gasteiger partial charge in [-0.2, -0.15) is 5.10 Å². The molecule has 2 fully saturated rings. The van der Waals surface area contributed by atoms with E-state index in [9.17, 15) is 9.59 Å². The number of carbonyl (C=O) groups excluding carboxylic acids is 2. The van der Waals surface area contributed by atoms with Crippen LogP contribution >= 0.6 is 0 Å². The van der Waals surface area contributed by atoms with Gasteiger partial charge in [0.25, 0.3) is 5.91 Å². The minimum absolute atomic E-state index is 0.0812. The van der Waals surface area contributed by atoms with Crippen molar-refractivity contribution in [2.75, 3.05) is 50.8 Å². The van der Waals surface area contributed by atoms with E-state index in [0.717, 1.165) is 18.8 Å². The van der Waals surface area contributed by atoms with Gasteiger partial charge in [-0.25, -0.2) is 0 Å². The minimum Gasteiger partial charge on any atom is -0.366 e. The summed E-state index contributed by atoms with van der Waals surface area (Å²) in [4.78, 5) is 30.4. The van der Waals surface area contributed by atoms with Crippen LogP contribution in [-0.4, -0.2) is 83.4 Å². The van der Waals surface area contributed by atoms with Gasteiger partial charge in [-0.05, 0) is 6.54 Å². The van der Waals surface area contributed by atoms with Crippen molar-refractivity contribution in [2.45, 2.75) is 13.0 Å². The van der Waals surface area contributed by atoms with E-state index in [0.29, 0.717) is 26.2 Å². The number of carbonyl (C=O) groups is 2. The largest absolute Gasteiger partial charge is 0.366 e. The molecular formula is C15H23N5O3. The fraction of sp³-hybridized carbons (Fsp3) is 0.667. The number of hydrogen-bond acceptors (Lipinski definition) is 5. The molecule has 0 aromatic carbocycles. The number of rotatable bonds is 3. The number of anilines is 1. The molecule has 8 heteroatoms. The second-order valence-corrected chi connectivity index (χ2v) is 5.93. The highest BCUT2D eigenvalue weighted by Crippen LogP contribution is 2.17. The highest BCUT2D eigenvalue weighted by atomic mass is 16.5. The third kappa shape index (κ3) is 3.37. The molecule has 1 unspecified atom stereocenters. The summed E-state index contributed by atoms with van der Waals surface area (Å²) in [6, 6.07) is 0. The van der Waals surface area contributed by atoms with Gasteiger partial charge < -0.3 is 14.5 Å². The molecule has 0 saturated carbocycles. The molecule has 1 aromatic heterocycles. The van der Waals surface area contributed by atoms with E-state index >= 15 is 0 Å². The Morgan fingerprint density at radius 2 is 2.22 bits per heavy atom. The molecule has 0 aliphatic carbocycles. The monoisotopic (exact) mass is 321 g/mol. The van der Waals surface area contributed by atoms with Crippen LogP contribution in [0.25, 0.3) is 0 Å². The number of hydrogen-bond donors (Lipinski definition) is 0. The first-order valence-electron chi connectivity index (χ1n) is 8.00. The lowest BCUT2D eigenvalue weighted by Gasteiger charge is -2.37. The number of nitrogens with zero attached hydrogens (tertiary/aromatic N) is 5. The average Bonchev–Trinajstić information content (AvgIpc) is 3.00. The van der Waals surface area contributed by atoms with Crippen molar-refractivity contribution < 1.29 is 14.3 Å². The number of aromatic nitrogens is 2. The zero-order valence-electron chi connectivity index (χ0n) is 13.6. The predicted molar refractivity (Wildman–Crippen MR) is 84.0 cm³/mol. The summed E-state index contributed by atoms with van der Waals surface area (Å²) in [6.07, 6.45) is 3.01. The van der Waals surface area contributed by atoms with Gasteiger partial charge in [0.2, 0.25) is 5.91 Å². The zero-order valence-corrected chi connectivity index (χ0v) is 13.6. The summed E-state index contributed by atoms with van der Waals surface area (Å²) >= 11 is 0. The van der Waals surface area contributed by atoms with Crippen molar-refractivity contribution in [1.29, 1.82) is 0 Å². The summed E-state index contributed by atoms with van der Waals surface area (Å²) in [7, 11) is 1.81. The fourth-order valence-corrected chi connectivity index (χ4v) is 3.02. The Morgan fingerprint density at radius 3 is 2.87 bits per heavy atom. The Kier molecular flexibility index (Phi) is 4.63. The van der Waals surface area contributed by atoms with Crippen LogP contribution < -0.4 is 4.90 Å². The third-order valence-corrected chi connectivity index (χ3v) is 4.41. The van der Waals surface area contributed by atoms with Crippen molar-refractivity contribution in [1.82, 2.24) is 19.6 Å². The van der Waals surface area contributed by atoms with Crippen molar-refractivity contribution >= 4 is 17.5 Å². The Hall–Kier alpha value is -1.93. The molecule has 0 bridgehead atoms. The molecule has 2 saturated heterocycles. The minimum atomic E-state index is -0.457. The molecule has 2 aliphatic rings. The van der Waals surface area contributed by atoms with Gasteiger partial charge in [0.1, 0.15) is 12.6 Å². The SMILES string of the molecule is CCN1CCOC(C(=O)N2CCN(c3cnn(C)c3)C(=O)C2)C1. The Balaban J connectivity index is 1.61. The Bertz CT molecular complexity index is 587. The van der Waals surface area contributed by atoms with Gasteiger partial charge in [0, 0.05) is 39.4 Å². The van der Waals surface area contributed by atoms with E-state index in [1.54, 1.807) is 26.9 Å². The van der Waals surface area contributed by atoms with E-state index < -0.39 is 6.10 Å². The number of morpholine rings is 1. The van der Waals surface area contributed by atoms with Gasteiger partial charge in [-0.3, -0.25) is 19.2 Å². The van der Waals surface area contributed by atoms with E-state index in [4.69, 9.17) is 4.74 Å². The molecule has 8 nitrogen and oxygen atoms in total. The molecule has 0 radical (unpaired) electrons. The van der Waals surface area contributed by atoms with E-state index in [2.05, 4.69) is 16.9 Å². The maximum Gasteiger partial charge on any atom is 0.253 e. The standard InChI is InChI=1S/C15H23N5O3/c1-3-18-6-7-23-13(10-18)15(22)19-4-5-20(14(21)11-19)12-8-16-17(2)9-12/h8-9,13H,3-7,10-11H2,1-2H3. The second-order valence-electron chi connectivity index (χ2n) is 5.93. The van der Waals surface area contributed by atoms with Crippen molar-refractivity contribution in [2.24, 2.45) is 7.05 Å². The van der Waals surface area contributed by atoms with Crippen molar-refractivity contribution in [3.05, 3.63) is 12.4 Å². The van der Waals surface area contributed by atoms with Crippen LogP contribution in [0.3, 0.4) is 0 Å². The molecule has 2 amide bonds. The molecule has 126 valence electrons. The predicted octanol–water partition coefficient (Wildman–Crippen LogP) is -0.684. The smallest absolute Gasteiger partial charge is 0.253 e. The second kappa shape index (κ2) is 6.67. The van der Waals surface area contributed by atoms with Crippen LogP contribution in [0.1, 0.15) is 6.92 Å². The van der Waals surface area contributed by atoms with E-state index in [1.807, 2.05) is 7.05 Å². The van der Waals surface area contributed by atoms with Crippen molar-refractivity contribution in [3.8, 4) is 0 Å². The first kappa shape index (κ1) is 15.9. The molecule has 2 aliphatic heterocycles. The van der Waals surface area contributed by atoms with Crippen LogP contribution in [0.15, 0.2) is 12.4 Å². The molecule has 3 heterocycles. The summed E-state index contributed by atoms with van der Waals surface area (Å²) in [6.45, 7) is 6.10. The highest BCUT2D eigenvalue weighted by molar-refractivity contribution is 5.98. The third-order valence-electron chi connectivity index (χ3n) is 4.41.